The first-order valence-corrected chi connectivity index (χ1v) is 8.54. The Hall–Kier alpha value is -0.390. The molecule has 4 bridgehead atoms. The van der Waals surface area contributed by atoms with Gasteiger partial charge in [0.2, 0.25) is 0 Å². The molecule has 0 radical (unpaired) electrons. The van der Waals surface area contributed by atoms with E-state index in [1.807, 2.05) is 17.9 Å². The predicted molar refractivity (Wildman–Crippen MR) is 81.6 cm³/mol. The van der Waals surface area contributed by atoms with Gasteiger partial charge < -0.3 is 0 Å². The van der Waals surface area contributed by atoms with Gasteiger partial charge in [0.05, 0.1) is 22.4 Å². The van der Waals surface area contributed by atoms with Gasteiger partial charge in [-0.1, -0.05) is 0 Å². The van der Waals surface area contributed by atoms with Crippen molar-refractivity contribution in [3.05, 3.63) is 16.4 Å². The number of hydrazine groups is 1. The van der Waals surface area contributed by atoms with E-state index in [9.17, 15) is 0 Å². The Morgan fingerprint density at radius 3 is 2.25 bits per heavy atom. The standard InChI is InChI=1S/C15H23BrN4/c1-20-13(12(16)8-18-20)14(19-17)15-5-9-2-10(6-15)4-11(3-9)7-15/h8-11,14,19H,2-7,17H2,1H3. The summed E-state index contributed by atoms with van der Waals surface area (Å²) in [5.74, 6) is 8.81. The normalized spacial score (nSPS) is 40.2. The van der Waals surface area contributed by atoms with Crippen molar-refractivity contribution >= 4 is 15.9 Å². The SMILES string of the molecule is Cn1ncc(Br)c1C(NN)C12CC3CC(CC(C3)C1)C2. The van der Waals surface area contributed by atoms with Crippen LogP contribution in [0.2, 0.25) is 0 Å². The topological polar surface area (TPSA) is 55.9 Å². The van der Waals surface area contributed by atoms with E-state index >= 15 is 0 Å². The van der Waals surface area contributed by atoms with Crippen LogP contribution in [0, 0.1) is 23.2 Å². The Bertz CT molecular complexity index is 469. The molecule has 0 amide bonds. The number of aryl methyl sites for hydroxylation is 1. The number of rotatable bonds is 3. The minimum absolute atomic E-state index is 0.220. The van der Waals surface area contributed by atoms with Gasteiger partial charge in [0.25, 0.3) is 0 Å². The predicted octanol–water partition coefficient (Wildman–Crippen LogP) is 2.90. The van der Waals surface area contributed by atoms with Crippen LogP contribution in [-0.2, 0) is 7.05 Å². The van der Waals surface area contributed by atoms with Gasteiger partial charge in [-0.15, -0.1) is 0 Å². The van der Waals surface area contributed by atoms with E-state index in [1.54, 1.807) is 0 Å². The highest BCUT2D eigenvalue weighted by Gasteiger charge is 2.55. The average Bonchev–Trinajstić information content (AvgIpc) is 2.70. The van der Waals surface area contributed by atoms with Crippen molar-refractivity contribution in [3.8, 4) is 0 Å². The van der Waals surface area contributed by atoms with Gasteiger partial charge >= 0.3 is 0 Å². The molecule has 110 valence electrons. The van der Waals surface area contributed by atoms with Gasteiger partial charge in [-0.2, -0.15) is 5.10 Å². The van der Waals surface area contributed by atoms with E-state index < -0.39 is 0 Å². The zero-order valence-corrected chi connectivity index (χ0v) is 13.6. The lowest BCUT2D eigenvalue weighted by Crippen LogP contribution is -2.53. The maximum atomic E-state index is 6.01. The van der Waals surface area contributed by atoms with Crippen molar-refractivity contribution in [1.82, 2.24) is 15.2 Å². The Balaban J connectivity index is 1.74. The lowest BCUT2D eigenvalue weighted by molar-refractivity contribution is -0.0764. The number of nitrogens with zero attached hydrogens (tertiary/aromatic N) is 2. The molecule has 1 unspecified atom stereocenters. The first kappa shape index (κ1) is 13.3. The number of hydrogen-bond acceptors (Lipinski definition) is 3. The van der Waals surface area contributed by atoms with E-state index in [0.717, 1.165) is 22.2 Å². The van der Waals surface area contributed by atoms with Crippen molar-refractivity contribution in [1.29, 1.82) is 0 Å². The molecule has 3 N–H and O–H groups in total. The summed E-state index contributed by atoms with van der Waals surface area (Å²) < 4.78 is 3.06. The summed E-state index contributed by atoms with van der Waals surface area (Å²) in [5, 5.41) is 4.39. The van der Waals surface area contributed by atoms with E-state index in [0.29, 0.717) is 5.41 Å². The van der Waals surface area contributed by atoms with Crippen LogP contribution in [0.5, 0.6) is 0 Å². The maximum absolute atomic E-state index is 6.01. The summed E-state index contributed by atoms with van der Waals surface area (Å²) in [6.45, 7) is 0. The molecule has 1 heterocycles. The second kappa shape index (κ2) is 4.55. The zero-order valence-electron chi connectivity index (χ0n) is 12.0. The number of hydrogen-bond donors (Lipinski definition) is 2. The summed E-state index contributed by atoms with van der Waals surface area (Å²) >= 11 is 3.66. The fraction of sp³-hybridized carbons (Fsp3) is 0.800. The molecule has 1 aromatic heterocycles. The fourth-order valence-corrected chi connectivity index (χ4v) is 6.40. The van der Waals surface area contributed by atoms with Gasteiger partial charge in [0.15, 0.2) is 0 Å². The van der Waals surface area contributed by atoms with Crippen molar-refractivity contribution in [2.45, 2.75) is 44.6 Å². The van der Waals surface area contributed by atoms with Crippen LogP contribution in [0.25, 0.3) is 0 Å². The molecule has 1 atom stereocenters. The molecule has 4 nitrogen and oxygen atoms in total. The van der Waals surface area contributed by atoms with Gasteiger partial charge in [-0.25, -0.2) is 0 Å². The zero-order chi connectivity index (χ0) is 13.9. The van der Waals surface area contributed by atoms with Crippen LogP contribution in [0.3, 0.4) is 0 Å². The Labute approximate surface area is 128 Å². The first-order chi connectivity index (χ1) is 9.61. The fourth-order valence-electron chi connectivity index (χ4n) is 5.82. The van der Waals surface area contributed by atoms with Crippen molar-refractivity contribution in [3.63, 3.8) is 0 Å². The van der Waals surface area contributed by atoms with Crippen LogP contribution in [0.4, 0.5) is 0 Å². The van der Waals surface area contributed by atoms with E-state index in [1.165, 1.54) is 44.2 Å². The van der Waals surface area contributed by atoms with Gasteiger partial charge in [-0.3, -0.25) is 16.0 Å². The third kappa shape index (κ3) is 1.82. The molecule has 4 fully saturated rings. The highest BCUT2D eigenvalue weighted by molar-refractivity contribution is 9.10. The molecule has 1 aromatic rings. The molecule has 4 saturated carbocycles. The maximum Gasteiger partial charge on any atom is 0.0711 e. The van der Waals surface area contributed by atoms with E-state index in [2.05, 4.69) is 26.5 Å². The minimum Gasteiger partial charge on any atom is -0.271 e. The van der Waals surface area contributed by atoms with Crippen LogP contribution in [0.15, 0.2) is 10.7 Å². The number of halogens is 1. The average molecular weight is 339 g/mol. The molecule has 4 aliphatic carbocycles. The summed E-state index contributed by atoms with van der Waals surface area (Å²) in [6, 6.07) is 0.220. The minimum atomic E-state index is 0.220. The smallest absolute Gasteiger partial charge is 0.0711 e. The number of nitrogens with one attached hydrogen (secondary N) is 1. The summed E-state index contributed by atoms with van der Waals surface area (Å²) in [6.07, 6.45) is 10.3. The number of nitrogens with two attached hydrogens (primary N) is 1. The van der Waals surface area contributed by atoms with E-state index in [4.69, 9.17) is 5.84 Å². The van der Waals surface area contributed by atoms with Crippen LogP contribution in [-0.4, -0.2) is 9.78 Å². The second-order valence-corrected chi connectivity index (χ2v) is 8.24. The molecular formula is C15H23BrN4. The molecule has 0 aromatic carbocycles. The third-order valence-corrected chi connectivity index (χ3v) is 6.69. The lowest BCUT2D eigenvalue weighted by atomic mass is 9.47. The van der Waals surface area contributed by atoms with Crippen molar-refractivity contribution in [2.24, 2.45) is 36.1 Å². The van der Waals surface area contributed by atoms with Gasteiger partial charge in [0.1, 0.15) is 0 Å². The Morgan fingerprint density at radius 2 is 1.85 bits per heavy atom. The lowest BCUT2D eigenvalue weighted by Gasteiger charge is -2.59. The Morgan fingerprint density at radius 1 is 1.30 bits per heavy atom. The largest absolute Gasteiger partial charge is 0.271 e. The van der Waals surface area contributed by atoms with Crippen molar-refractivity contribution < 1.29 is 0 Å². The number of aromatic nitrogens is 2. The molecule has 5 rings (SSSR count). The summed E-state index contributed by atoms with van der Waals surface area (Å²) in [5.41, 5.74) is 4.72. The van der Waals surface area contributed by atoms with Crippen LogP contribution in [0.1, 0.15) is 50.3 Å². The van der Waals surface area contributed by atoms with Crippen LogP contribution >= 0.6 is 15.9 Å². The first-order valence-electron chi connectivity index (χ1n) is 7.75. The van der Waals surface area contributed by atoms with Crippen molar-refractivity contribution in [2.75, 3.05) is 0 Å². The summed E-state index contributed by atoms with van der Waals surface area (Å²) in [7, 11) is 2.02. The quantitative estimate of drug-likeness (QED) is 0.658. The van der Waals surface area contributed by atoms with Crippen LogP contribution < -0.4 is 11.3 Å². The molecule has 0 saturated heterocycles. The monoisotopic (exact) mass is 338 g/mol. The molecule has 20 heavy (non-hydrogen) atoms. The molecular weight excluding hydrogens is 316 g/mol. The van der Waals surface area contributed by atoms with Gasteiger partial charge in [-0.05, 0) is 77.6 Å². The molecule has 0 aliphatic heterocycles. The Kier molecular flexibility index (Phi) is 3.02. The highest BCUT2D eigenvalue weighted by Crippen LogP contribution is 2.64. The molecule has 0 spiro atoms. The molecule has 5 heteroatoms. The highest BCUT2D eigenvalue weighted by atomic mass is 79.9. The second-order valence-electron chi connectivity index (χ2n) is 7.38. The van der Waals surface area contributed by atoms with E-state index in [-0.39, 0.29) is 6.04 Å². The molecule has 4 aliphatic rings. The van der Waals surface area contributed by atoms with Gasteiger partial charge in [0, 0.05) is 7.05 Å². The summed E-state index contributed by atoms with van der Waals surface area (Å²) in [4.78, 5) is 0. The third-order valence-electron chi connectivity index (χ3n) is 6.08.